The van der Waals surface area contributed by atoms with E-state index in [2.05, 4.69) is 15.1 Å². The van der Waals surface area contributed by atoms with Crippen LogP contribution in [-0.2, 0) is 0 Å². The third kappa shape index (κ3) is 1.53. The molecule has 74 valence electrons. The molecule has 0 fully saturated rings. The zero-order valence-corrected chi connectivity index (χ0v) is 8.02. The van der Waals surface area contributed by atoms with E-state index in [1.807, 2.05) is 25.1 Å². The summed E-state index contributed by atoms with van der Waals surface area (Å²) in [7, 11) is 0. The molecule has 15 heavy (non-hydrogen) atoms. The summed E-state index contributed by atoms with van der Waals surface area (Å²) in [6, 6.07) is 7.43. The van der Waals surface area contributed by atoms with Crippen molar-refractivity contribution in [2.24, 2.45) is 5.16 Å². The van der Waals surface area contributed by atoms with Gasteiger partial charge in [-0.3, -0.25) is 0 Å². The highest BCUT2D eigenvalue weighted by Crippen LogP contribution is 2.13. The average Bonchev–Trinajstić information content (AvgIpc) is 2.62. The van der Waals surface area contributed by atoms with Gasteiger partial charge in [-0.1, -0.05) is 11.2 Å². The topological polar surface area (TPSA) is 85.1 Å². The largest absolute Gasteiger partial charge is 0.410 e. The molecule has 1 aromatic carbocycles. The van der Waals surface area contributed by atoms with Gasteiger partial charge in [0.2, 0.25) is 5.71 Å². The Labute approximate surface area is 85.7 Å². The first-order valence-corrected chi connectivity index (χ1v) is 4.33. The van der Waals surface area contributed by atoms with Crippen LogP contribution in [0.2, 0.25) is 0 Å². The molecule has 0 saturated heterocycles. The van der Waals surface area contributed by atoms with Gasteiger partial charge in [0.1, 0.15) is 6.07 Å². The number of nitriles is 1. The molecule has 0 atom stereocenters. The van der Waals surface area contributed by atoms with Crippen molar-refractivity contribution in [2.45, 2.75) is 6.92 Å². The monoisotopic (exact) mass is 200 g/mol. The highest BCUT2D eigenvalue weighted by molar-refractivity contribution is 6.10. The molecular weight excluding hydrogens is 192 g/mol. The van der Waals surface area contributed by atoms with Crippen molar-refractivity contribution in [3.63, 3.8) is 0 Å². The van der Waals surface area contributed by atoms with E-state index in [1.54, 1.807) is 6.07 Å². The van der Waals surface area contributed by atoms with Crippen molar-refractivity contribution >= 4 is 16.7 Å². The lowest BCUT2D eigenvalue weighted by Crippen LogP contribution is -1.99. The number of fused-ring (bicyclic) bond motifs is 1. The molecule has 0 bridgehead atoms. The molecule has 0 aliphatic heterocycles. The minimum Gasteiger partial charge on any atom is -0.410 e. The van der Waals surface area contributed by atoms with E-state index in [0.29, 0.717) is 0 Å². The van der Waals surface area contributed by atoms with Crippen LogP contribution in [0, 0.1) is 18.3 Å². The lowest BCUT2D eigenvalue weighted by Gasteiger charge is -1.89. The molecule has 2 rings (SSSR count). The number of aromatic nitrogens is 2. The number of nitrogens with zero attached hydrogens (tertiary/aromatic N) is 3. The van der Waals surface area contributed by atoms with Crippen LogP contribution in [0.25, 0.3) is 11.0 Å². The van der Waals surface area contributed by atoms with Crippen LogP contribution in [0.1, 0.15) is 11.4 Å². The Morgan fingerprint density at radius 3 is 3.07 bits per heavy atom. The van der Waals surface area contributed by atoms with Crippen molar-refractivity contribution in [3.05, 3.63) is 29.6 Å². The summed E-state index contributed by atoms with van der Waals surface area (Å²) in [5.74, 6) is 0.278. The summed E-state index contributed by atoms with van der Waals surface area (Å²) in [6.07, 6.45) is 0. The fraction of sp³-hybridized carbons (Fsp3) is 0.100. The molecule has 1 aromatic heterocycles. The molecule has 0 saturated carbocycles. The minimum absolute atomic E-state index is 0.121. The molecule has 2 aromatic rings. The number of benzene rings is 1. The molecule has 5 heteroatoms. The van der Waals surface area contributed by atoms with Crippen molar-refractivity contribution in [2.75, 3.05) is 0 Å². The van der Waals surface area contributed by atoms with E-state index in [4.69, 9.17) is 10.5 Å². The predicted molar refractivity (Wildman–Crippen MR) is 54.8 cm³/mol. The number of nitrogens with one attached hydrogen (secondary N) is 1. The number of hydrogen-bond donors (Lipinski definition) is 2. The number of hydrogen-bond acceptors (Lipinski definition) is 4. The third-order valence-electron chi connectivity index (χ3n) is 2.07. The first-order chi connectivity index (χ1) is 7.24. The Morgan fingerprint density at radius 1 is 1.60 bits per heavy atom. The fourth-order valence-corrected chi connectivity index (χ4v) is 1.36. The molecule has 0 unspecified atom stereocenters. The van der Waals surface area contributed by atoms with Gasteiger partial charge < -0.3 is 10.2 Å². The molecule has 0 amide bonds. The van der Waals surface area contributed by atoms with Gasteiger partial charge in [-0.2, -0.15) is 5.26 Å². The fourth-order valence-electron chi connectivity index (χ4n) is 1.36. The van der Waals surface area contributed by atoms with Crippen molar-refractivity contribution in [1.82, 2.24) is 9.97 Å². The maximum atomic E-state index is 8.66. The standard InChI is InChI=1S/C10H8N4O/c1-6-2-3-7-8(4-6)13-10(12-7)9(5-11)14-15/h2-4,15H,1H3,(H,12,13). The van der Waals surface area contributed by atoms with Gasteiger partial charge in [0.25, 0.3) is 0 Å². The Morgan fingerprint density at radius 2 is 2.40 bits per heavy atom. The van der Waals surface area contributed by atoms with Crippen molar-refractivity contribution in [1.29, 1.82) is 5.26 Å². The van der Waals surface area contributed by atoms with E-state index in [9.17, 15) is 0 Å². The van der Waals surface area contributed by atoms with Crippen LogP contribution in [0.15, 0.2) is 23.4 Å². The third-order valence-corrected chi connectivity index (χ3v) is 2.07. The van der Waals surface area contributed by atoms with Gasteiger partial charge in [-0.15, -0.1) is 0 Å². The lowest BCUT2D eigenvalue weighted by molar-refractivity contribution is 0.320. The van der Waals surface area contributed by atoms with Gasteiger partial charge in [-0.05, 0) is 24.6 Å². The molecule has 0 aliphatic carbocycles. The molecule has 1 heterocycles. The first kappa shape index (κ1) is 9.21. The van der Waals surface area contributed by atoms with Crippen LogP contribution in [0.4, 0.5) is 0 Å². The van der Waals surface area contributed by atoms with Crippen LogP contribution in [0.3, 0.4) is 0 Å². The summed E-state index contributed by atoms with van der Waals surface area (Å²) in [6.45, 7) is 1.96. The van der Waals surface area contributed by atoms with Crippen LogP contribution >= 0.6 is 0 Å². The Hall–Kier alpha value is -2.35. The molecule has 0 aliphatic rings. The SMILES string of the molecule is Cc1ccc2nc(C(C#N)=NO)[nH]c2c1. The Kier molecular flexibility index (Phi) is 2.10. The number of oxime groups is 1. The smallest absolute Gasteiger partial charge is 0.221 e. The maximum Gasteiger partial charge on any atom is 0.221 e. The van der Waals surface area contributed by atoms with Crippen molar-refractivity contribution in [3.8, 4) is 6.07 Å². The molecule has 5 nitrogen and oxygen atoms in total. The van der Waals surface area contributed by atoms with E-state index >= 15 is 0 Å². The first-order valence-electron chi connectivity index (χ1n) is 4.33. The van der Waals surface area contributed by atoms with E-state index in [1.165, 1.54) is 0 Å². The normalized spacial score (nSPS) is 11.6. The van der Waals surface area contributed by atoms with Gasteiger partial charge in [0.15, 0.2) is 5.82 Å². The van der Waals surface area contributed by atoms with E-state index < -0.39 is 0 Å². The van der Waals surface area contributed by atoms with Crippen LogP contribution in [-0.4, -0.2) is 20.9 Å². The van der Waals surface area contributed by atoms with Gasteiger partial charge >= 0.3 is 0 Å². The summed E-state index contributed by atoms with van der Waals surface area (Å²) >= 11 is 0. The molecule has 2 N–H and O–H groups in total. The Bertz CT molecular complexity index is 577. The Balaban J connectivity index is 2.62. The van der Waals surface area contributed by atoms with Gasteiger partial charge in [-0.25, -0.2) is 4.98 Å². The second-order valence-electron chi connectivity index (χ2n) is 3.17. The summed E-state index contributed by atoms with van der Waals surface area (Å²) in [5, 5.41) is 20.1. The molecular formula is C10H8N4O. The van der Waals surface area contributed by atoms with Crippen molar-refractivity contribution < 1.29 is 5.21 Å². The summed E-state index contributed by atoms with van der Waals surface area (Å²) in [4.78, 5) is 7.04. The van der Waals surface area contributed by atoms with Gasteiger partial charge in [0, 0.05) is 0 Å². The van der Waals surface area contributed by atoms with E-state index in [0.717, 1.165) is 16.6 Å². The average molecular weight is 200 g/mol. The van der Waals surface area contributed by atoms with Crippen LogP contribution in [0.5, 0.6) is 0 Å². The predicted octanol–water partition coefficient (Wildman–Crippen LogP) is 1.57. The van der Waals surface area contributed by atoms with Crippen LogP contribution < -0.4 is 0 Å². The number of aromatic amines is 1. The lowest BCUT2D eigenvalue weighted by atomic mass is 10.2. The zero-order chi connectivity index (χ0) is 10.8. The summed E-state index contributed by atoms with van der Waals surface area (Å²) in [5.41, 5.74) is 2.54. The zero-order valence-electron chi connectivity index (χ0n) is 8.02. The van der Waals surface area contributed by atoms with E-state index in [-0.39, 0.29) is 11.5 Å². The number of aryl methyl sites for hydroxylation is 1. The highest BCUT2D eigenvalue weighted by Gasteiger charge is 2.09. The summed E-state index contributed by atoms with van der Waals surface area (Å²) < 4.78 is 0. The second-order valence-corrected chi connectivity index (χ2v) is 3.17. The second kappa shape index (κ2) is 3.42. The minimum atomic E-state index is -0.121. The number of H-pyrrole nitrogens is 1. The number of rotatable bonds is 1. The molecule has 0 radical (unpaired) electrons. The maximum absolute atomic E-state index is 8.66. The highest BCUT2D eigenvalue weighted by atomic mass is 16.4. The quantitative estimate of drug-likeness (QED) is 0.416. The number of imidazole rings is 1. The molecule has 0 spiro atoms. The van der Waals surface area contributed by atoms with Gasteiger partial charge in [0.05, 0.1) is 11.0 Å².